The summed E-state index contributed by atoms with van der Waals surface area (Å²) in [7, 11) is 0. The lowest BCUT2D eigenvalue weighted by molar-refractivity contribution is 0.00619. The molecule has 2 nitrogen and oxygen atoms in total. The molecule has 0 heterocycles. The van der Waals surface area contributed by atoms with Crippen molar-refractivity contribution >= 4 is 0 Å². The highest BCUT2D eigenvalue weighted by Crippen LogP contribution is 2.43. The van der Waals surface area contributed by atoms with Crippen molar-refractivity contribution in [1.82, 2.24) is 0 Å². The molecule has 0 radical (unpaired) electrons. The fraction of sp³-hybridized carbons (Fsp3) is 0.929. The Labute approximate surface area is 98.7 Å². The van der Waals surface area contributed by atoms with E-state index in [2.05, 4.69) is 6.07 Å². The minimum Gasteiger partial charge on any atom is -0.391 e. The molecule has 0 aromatic carbocycles. The maximum absolute atomic E-state index is 10.5. The molecule has 2 saturated carbocycles. The Kier molecular flexibility index (Phi) is 3.86. The van der Waals surface area contributed by atoms with E-state index in [0.717, 1.165) is 38.5 Å². The minimum absolute atomic E-state index is 0.363. The lowest BCUT2D eigenvalue weighted by atomic mass is 9.72. The molecule has 0 spiro atoms. The molecule has 1 atom stereocenters. The summed E-state index contributed by atoms with van der Waals surface area (Å²) in [6.45, 7) is 0. The number of aliphatic hydroxyl groups excluding tert-OH is 1. The van der Waals surface area contributed by atoms with Crippen LogP contribution in [0.4, 0.5) is 0 Å². The average Bonchev–Trinajstić information content (AvgIpc) is 2.73. The van der Waals surface area contributed by atoms with E-state index in [0.29, 0.717) is 5.92 Å². The third-order valence-corrected chi connectivity index (χ3v) is 4.63. The van der Waals surface area contributed by atoms with Gasteiger partial charge in [-0.1, -0.05) is 38.5 Å². The number of aliphatic hydroxyl groups is 1. The van der Waals surface area contributed by atoms with Crippen molar-refractivity contribution < 1.29 is 5.11 Å². The van der Waals surface area contributed by atoms with Crippen LogP contribution in [-0.4, -0.2) is 11.2 Å². The third-order valence-electron chi connectivity index (χ3n) is 4.63. The van der Waals surface area contributed by atoms with Gasteiger partial charge in [-0.05, 0) is 31.6 Å². The topological polar surface area (TPSA) is 44.0 Å². The van der Waals surface area contributed by atoms with Gasteiger partial charge in [-0.3, -0.25) is 0 Å². The van der Waals surface area contributed by atoms with Gasteiger partial charge in [-0.25, -0.2) is 0 Å². The summed E-state index contributed by atoms with van der Waals surface area (Å²) < 4.78 is 0. The molecule has 0 aromatic heterocycles. The van der Waals surface area contributed by atoms with E-state index in [-0.39, 0.29) is 6.10 Å². The second-order valence-electron chi connectivity index (χ2n) is 5.67. The van der Waals surface area contributed by atoms with Crippen molar-refractivity contribution in [3.8, 4) is 6.07 Å². The first kappa shape index (κ1) is 11.9. The monoisotopic (exact) mass is 221 g/mol. The van der Waals surface area contributed by atoms with Crippen LogP contribution in [0.3, 0.4) is 0 Å². The maximum atomic E-state index is 10.5. The van der Waals surface area contributed by atoms with Gasteiger partial charge in [0.25, 0.3) is 0 Å². The first-order valence-corrected chi connectivity index (χ1v) is 6.88. The standard InChI is InChI=1S/C14H23NO/c15-11-14(9-5-1-2-6-10-14)13(16)12-7-3-4-8-12/h12-13,16H,1-10H2. The number of hydrogen-bond acceptors (Lipinski definition) is 2. The number of rotatable bonds is 2. The van der Waals surface area contributed by atoms with Crippen LogP contribution >= 0.6 is 0 Å². The van der Waals surface area contributed by atoms with Gasteiger partial charge in [0.1, 0.15) is 0 Å². The molecule has 2 heteroatoms. The zero-order valence-electron chi connectivity index (χ0n) is 10.1. The quantitative estimate of drug-likeness (QED) is 0.726. The lowest BCUT2D eigenvalue weighted by Crippen LogP contribution is -2.38. The van der Waals surface area contributed by atoms with Gasteiger partial charge in [-0.2, -0.15) is 5.26 Å². The molecule has 90 valence electrons. The van der Waals surface area contributed by atoms with E-state index >= 15 is 0 Å². The van der Waals surface area contributed by atoms with Gasteiger partial charge in [0.05, 0.1) is 17.6 Å². The molecule has 2 fully saturated rings. The summed E-state index contributed by atoms with van der Waals surface area (Å²) >= 11 is 0. The van der Waals surface area contributed by atoms with Crippen LogP contribution in [-0.2, 0) is 0 Å². The first-order chi connectivity index (χ1) is 7.78. The number of nitriles is 1. The van der Waals surface area contributed by atoms with Crippen LogP contribution in [0, 0.1) is 22.7 Å². The van der Waals surface area contributed by atoms with Gasteiger partial charge >= 0.3 is 0 Å². The molecule has 1 N–H and O–H groups in total. The van der Waals surface area contributed by atoms with E-state index in [4.69, 9.17) is 0 Å². The molecular weight excluding hydrogens is 198 g/mol. The Bertz CT molecular complexity index is 254. The second-order valence-corrected chi connectivity index (χ2v) is 5.67. The predicted octanol–water partition coefficient (Wildman–Crippen LogP) is 3.40. The van der Waals surface area contributed by atoms with Crippen LogP contribution in [0.25, 0.3) is 0 Å². The molecule has 2 aliphatic carbocycles. The number of hydrogen-bond donors (Lipinski definition) is 1. The normalized spacial score (nSPS) is 28.2. The molecular formula is C14H23NO. The van der Waals surface area contributed by atoms with Crippen molar-refractivity contribution in [2.75, 3.05) is 0 Å². The van der Waals surface area contributed by atoms with E-state index in [9.17, 15) is 10.4 Å². The molecule has 2 aliphatic rings. The summed E-state index contributed by atoms with van der Waals surface area (Å²) in [5.74, 6) is 0.401. The zero-order valence-corrected chi connectivity index (χ0v) is 10.1. The van der Waals surface area contributed by atoms with Crippen molar-refractivity contribution in [3.05, 3.63) is 0 Å². The van der Waals surface area contributed by atoms with Gasteiger partial charge in [0.2, 0.25) is 0 Å². The summed E-state index contributed by atoms with van der Waals surface area (Å²) in [5, 5.41) is 20.0. The van der Waals surface area contributed by atoms with Gasteiger partial charge < -0.3 is 5.11 Å². The molecule has 0 aromatic rings. The summed E-state index contributed by atoms with van der Waals surface area (Å²) in [5.41, 5.74) is -0.411. The van der Waals surface area contributed by atoms with E-state index in [1.807, 2.05) is 0 Å². The van der Waals surface area contributed by atoms with Crippen molar-refractivity contribution in [2.24, 2.45) is 11.3 Å². The fourth-order valence-electron chi connectivity index (χ4n) is 3.56. The molecule has 0 bridgehead atoms. The summed E-state index contributed by atoms with van der Waals surface area (Å²) in [6, 6.07) is 2.48. The molecule has 1 unspecified atom stereocenters. The Morgan fingerprint density at radius 3 is 2.06 bits per heavy atom. The first-order valence-electron chi connectivity index (χ1n) is 6.88. The largest absolute Gasteiger partial charge is 0.391 e. The van der Waals surface area contributed by atoms with Gasteiger partial charge in [0, 0.05) is 0 Å². The maximum Gasteiger partial charge on any atom is 0.0835 e. The van der Waals surface area contributed by atoms with Crippen LogP contribution < -0.4 is 0 Å². The van der Waals surface area contributed by atoms with E-state index in [1.54, 1.807) is 0 Å². The Morgan fingerprint density at radius 1 is 1.00 bits per heavy atom. The molecule has 2 rings (SSSR count). The second kappa shape index (κ2) is 5.19. The Morgan fingerprint density at radius 2 is 1.56 bits per heavy atom. The van der Waals surface area contributed by atoms with E-state index < -0.39 is 5.41 Å². The summed E-state index contributed by atoms with van der Waals surface area (Å²) in [4.78, 5) is 0. The molecule has 0 saturated heterocycles. The minimum atomic E-state index is -0.411. The molecule has 16 heavy (non-hydrogen) atoms. The van der Waals surface area contributed by atoms with E-state index in [1.165, 1.54) is 25.7 Å². The highest BCUT2D eigenvalue weighted by Gasteiger charge is 2.42. The van der Waals surface area contributed by atoms with Gasteiger partial charge in [-0.15, -0.1) is 0 Å². The predicted molar refractivity (Wildman–Crippen MR) is 63.7 cm³/mol. The highest BCUT2D eigenvalue weighted by molar-refractivity contribution is 5.06. The zero-order chi connectivity index (χ0) is 11.4. The molecule has 0 aliphatic heterocycles. The van der Waals surface area contributed by atoms with Crippen LogP contribution in [0.1, 0.15) is 64.2 Å². The van der Waals surface area contributed by atoms with Crippen LogP contribution in [0.15, 0.2) is 0 Å². The highest BCUT2D eigenvalue weighted by atomic mass is 16.3. The molecule has 0 amide bonds. The van der Waals surface area contributed by atoms with Gasteiger partial charge in [0.15, 0.2) is 0 Å². The third kappa shape index (κ3) is 2.25. The SMILES string of the molecule is N#CC1(C(O)C2CCCC2)CCCCCC1. The number of nitrogens with zero attached hydrogens (tertiary/aromatic N) is 1. The Hall–Kier alpha value is -0.550. The van der Waals surface area contributed by atoms with Crippen molar-refractivity contribution in [3.63, 3.8) is 0 Å². The van der Waals surface area contributed by atoms with Crippen LogP contribution in [0.2, 0.25) is 0 Å². The fourth-order valence-corrected chi connectivity index (χ4v) is 3.56. The lowest BCUT2D eigenvalue weighted by Gasteiger charge is -2.34. The van der Waals surface area contributed by atoms with Crippen molar-refractivity contribution in [1.29, 1.82) is 5.26 Å². The summed E-state index contributed by atoms with van der Waals surface area (Å²) in [6.07, 6.45) is 10.9. The van der Waals surface area contributed by atoms with Crippen LogP contribution in [0.5, 0.6) is 0 Å². The Balaban J connectivity index is 2.09. The smallest absolute Gasteiger partial charge is 0.0835 e. The average molecular weight is 221 g/mol. The van der Waals surface area contributed by atoms with Crippen molar-refractivity contribution in [2.45, 2.75) is 70.3 Å².